The molecule has 0 atom stereocenters. The maximum Gasteiger partial charge on any atom is 0.244 e. The lowest BCUT2D eigenvalue weighted by Crippen LogP contribution is -2.37. The molecule has 0 aliphatic rings. The first-order valence-electron chi connectivity index (χ1n) is 7.70. The fraction of sp³-hybridized carbons (Fsp3) is 0.263. The van der Waals surface area contributed by atoms with Crippen molar-refractivity contribution in [3.8, 4) is 0 Å². The largest absolute Gasteiger partial charge is 0.324 e. The second-order valence-electron chi connectivity index (χ2n) is 5.85. The monoisotopic (exact) mass is 344 g/mol. The summed E-state index contributed by atoms with van der Waals surface area (Å²) in [4.78, 5) is 25.9. The molecular weight excluding hydrogens is 324 g/mol. The van der Waals surface area contributed by atoms with E-state index in [9.17, 15) is 9.59 Å². The number of para-hydroxylation sites is 1. The van der Waals surface area contributed by atoms with E-state index in [2.05, 4.69) is 5.32 Å². The predicted octanol–water partition coefficient (Wildman–Crippen LogP) is 4.26. The number of hydrogen-bond donors (Lipinski definition) is 1. The van der Waals surface area contributed by atoms with Crippen molar-refractivity contribution in [3.05, 3.63) is 58.1 Å². The second-order valence-corrected chi connectivity index (χ2v) is 6.29. The third kappa shape index (κ3) is 4.15. The van der Waals surface area contributed by atoms with Crippen LogP contribution in [0.2, 0.25) is 5.02 Å². The molecule has 0 heterocycles. The summed E-state index contributed by atoms with van der Waals surface area (Å²) in [6.45, 7) is 7.13. The standard InChI is InChI=1S/C19H21ClN2O2/c1-12-8-9-16(20)10-17(12)22(15(4)23)11-18(24)21-19-13(2)6-5-7-14(19)3/h5-10H,11H2,1-4H3,(H,21,24). The highest BCUT2D eigenvalue weighted by Crippen LogP contribution is 2.25. The minimum absolute atomic E-state index is 0.0652. The van der Waals surface area contributed by atoms with Crippen LogP contribution in [0.4, 0.5) is 11.4 Å². The number of nitrogens with zero attached hydrogens (tertiary/aromatic N) is 1. The van der Waals surface area contributed by atoms with E-state index >= 15 is 0 Å². The summed E-state index contributed by atoms with van der Waals surface area (Å²) in [5.74, 6) is -0.459. The Kier molecular flexibility index (Phi) is 5.62. The molecule has 0 aliphatic carbocycles. The number of aryl methyl sites for hydroxylation is 3. The van der Waals surface area contributed by atoms with Gasteiger partial charge >= 0.3 is 0 Å². The van der Waals surface area contributed by atoms with Gasteiger partial charge in [0.2, 0.25) is 11.8 Å². The first-order valence-corrected chi connectivity index (χ1v) is 8.07. The molecule has 24 heavy (non-hydrogen) atoms. The van der Waals surface area contributed by atoms with Gasteiger partial charge in [-0.25, -0.2) is 0 Å². The van der Waals surface area contributed by atoms with Crippen molar-refractivity contribution in [2.45, 2.75) is 27.7 Å². The lowest BCUT2D eigenvalue weighted by atomic mass is 10.1. The molecule has 0 saturated carbocycles. The van der Waals surface area contributed by atoms with Crippen molar-refractivity contribution in [2.75, 3.05) is 16.8 Å². The number of carbonyl (C=O) groups excluding carboxylic acids is 2. The Labute approximate surface area is 147 Å². The number of carbonyl (C=O) groups is 2. The average Bonchev–Trinajstić information content (AvgIpc) is 2.51. The molecule has 0 radical (unpaired) electrons. The van der Waals surface area contributed by atoms with Crippen molar-refractivity contribution in [1.82, 2.24) is 0 Å². The van der Waals surface area contributed by atoms with Gasteiger partial charge < -0.3 is 10.2 Å². The first-order chi connectivity index (χ1) is 11.3. The van der Waals surface area contributed by atoms with Crippen LogP contribution in [-0.4, -0.2) is 18.4 Å². The Morgan fingerprint density at radius 2 is 1.67 bits per heavy atom. The minimum Gasteiger partial charge on any atom is -0.324 e. The molecule has 2 amide bonds. The summed E-state index contributed by atoms with van der Waals surface area (Å²) < 4.78 is 0. The molecule has 0 fully saturated rings. The van der Waals surface area contributed by atoms with Crippen LogP contribution < -0.4 is 10.2 Å². The predicted molar refractivity (Wildman–Crippen MR) is 98.8 cm³/mol. The Morgan fingerprint density at radius 1 is 1.04 bits per heavy atom. The number of hydrogen-bond acceptors (Lipinski definition) is 2. The van der Waals surface area contributed by atoms with Crippen LogP contribution in [0.25, 0.3) is 0 Å². The zero-order valence-corrected chi connectivity index (χ0v) is 15.1. The molecule has 2 aromatic carbocycles. The Balaban J connectivity index is 2.24. The summed E-state index contributed by atoms with van der Waals surface area (Å²) in [6.07, 6.45) is 0. The minimum atomic E-state index is -0.248. The Bertz CT molecular complexity index is 767. The highest BCUT2D eigenvalue weighted by Gasteiger charge is 2.18. The van der Waals surface area contributed by atoms with E-state index in [1.165, 1.54) is 11.8 Å². The zero-order valence-electron chi connectivity index (χ0n) is 14.3. The summed E-state index contributed by atoms with van der Waals surface area (Å²) in [6, 6.07) is 11.1. The highest BCUT2D eigenvalue weighted by atomic mass is 35.5. The maximum absolute atomic E-state index is 12.5. The van der Waals surface area contributed by atoms with Gasteiger partial charge in [0.1, 0.15) is 6.54 Å². The average molecular weight is 345 g/mol. The molecule has 5 heteroatoms. The molecule has 0 spiro atoms. The molecule has 0 bridgehead atoms. The number of anilines is 2. The molecule has 1 N–H and O–H groups in total. The van der Waals surface area contributed by atoms with Crippen molar-refractivity contribution in [3.63, 3.8) is 0 Å². The number of benzene rings is 2. The van der Waals surface area contributed by atoms with Crippen LogP contribution in [-0.2, 0) is 9.59 Å². The third-order valence-corrected chi connectivity index (χ3v) is 4.12. The van der Waals surface area contributed by atoms with E-state index in [1.54, 1.807) is 12.1 Å². The van der Waals surface area contributed by atoms with Crippen LogP contribution in [0.3, 0.4) is 0 Å². The molecule has 0 unspecified atom stereocenters. The van der Waals surface area contributed by atoms with Gasteiger partial charge in [-0.3, -0.25) is 9.59 Å². The molecule has 0 saturated heterocycles. The third-order valence-electron chi connectivity index (χ3n) is 3.89. The normalized spacial score (nSPS) is 10.4. The van der Waals surface area contributed by atoms with Crippen LogP contribution in [0.15, 0.2) is 36.4 Å². The van der Waals surface area contributed by atoms with Gasteiger partial charge in [-0.15, -0.1) is 0 Å². The summed E-state index contributed by atoms with van der Waals surface area (Å²) >= 11 is 6.03. The molecular formula is C19H21ClN2O2. The fourth-order valence-electron chi connectivity index (χ4n) is 2.57. The van der Waals surface area contributed by atoms with E-state index in [0.29, 0.717) is 10.7 Å². The van der Waals surface area contributed by atoms with Crippen molar-refractivity contribution in [1.29, 1.82) is 0 Å². The Hall–Kier alpha value is -2.33. The first kappa shape index (κ1) is 18.0. The van der Waals surface area contributed by atoms with E-state index < -0.39 is 0 Å². The number of halogens is 1. The van der Waals surface area contributed by atoms with Gasteiger partial charge in [-0.05, 0) is 49.6 Å². The van der Waals surface area contributed by atoms with Gasteiger partial charge in [-0.2, -0.15) is 0 Å². The highest BCUT2D eigenvalue weighted by molar-refractivity contribution is 6.31. The lowest BCUT2D eigenvalue weighted by Gasteiger charge is -2.23. The lowest BCUT2D eigenvalue weighted by molar-refractivity contribution is -0.120. The second kappa shape index (κ2) is 7.49. The number of amides is 2. The van der Waals surface area contributed by atoms with Gasteiger partial charge in [0, 0.05) is 23.3 Å². The van der Waals surface area contributed by atoms with Crippen molar-refractivity contribution >= 4 is 34.8 Å². The molecule has 0 aliphatic heterocycles. The van der Waals surface area contributed by atoms with E-state index in [1.807, 2.05) is 45.0 Å². The van der Waals surface area contributed by atoms with Crippen LogP contribution in [0.5, 0.6) is 0 Å². The molecule has 2 aromatic rings. The fourth-order valence-corrected chi connectivity index (χ4v) is 2.74. The van der Waals surface area contributed by atoms with Crippen molar-refractivity contribution < 1.29 is 9.59 Å². The van der Waals surface area contributed by atoms with Gasteiger partial charge in [-0.1, -0.05) is 35.9 Å². The Morgan fingerprint density at radius 3 is 2.25 bits per heavy atom. The smallest absolute Gasteiger partial charge is 0.244 e. The SMILES string of the molecule is CC(=O)N(CC(=O)Nc1c(C)cccc1C)c1cc(Cl)ccc1C. The molecule has 2 rings (SSSR count). The van der Waals surface area contributed by atoms with Gasteiger partial charge in [0.25, 0.3) is 0 Å². The van der Waals surface area contributed by atoms with E-state index in [0.717, 1.165) is 22.4 Å². The number of rotatable bonds is 4. The van der Waals surface area contributed by atoms with Crippen LogP contribution in [0.1, 0.15) is 23.6 Å². The molecule has 0 aromatic heterocycles. The topological polar surface area (TPSA) is 49.4 Å². The van der Waals surface area contributed by atoms with Gasteiger partial charge in [0.05, 0.1) is 0 Å². The van der Waals surface area contributed by atoms with Gasteiger partial charge in [0.15, 0.2) is 0 Å². The number of nitrogens with one attached hydrogen (secondary N) is 1. The zero-order chi connectivity index (χ0) is 17.9. The molecule has 4 nitrogen and oxygen atoms in total. The maximum atomic E-state index is 12.5. The van der Waals surface area contributed by atoms with Crippen LogP contribution in [0, 0.1) is 20.8 Å². The summed E-state index contributed by atoms with van der Waals surface area (Å²) in [5, 5.41) is 3.43. The van der Waals surface area contributed by atoms with Crippen LogP contribution >= 0.6 is 11.6 Å². The summed E-state index contributed by atoms with van der Waals surface area (Å²) in [5.41, 5.74) is 4.28. The summed E-state index contributed by atoms with van der Waals surface area (Å²) in [7, 11) is 0. The van der Waals surface area contributed by atoms with E-state index in [-0.39, 0.29) is 18.4 Å². The quantitative estimate of drug-likeness (QED) is 0.901. The van der Waals surface area contributed by atoms with E-state index in [4.69, 9.17) is 11.6 Å². The van der Waals surface area contributed by atoms with Crippen molar-refractivity contribution in [2.24, 2.45) is 0 Å². The molecule has 126 valence electrons.